The molecule has 0 bridgehead atoms. The van der Waals surface area contributed by atoms with Crippen molar-refractivity contribution in [3.8, 4) is 0 Å². The lowest BCUT2D eigenvalue weighted by molar-refractivity contribution is 0.110. The predicted molar refractivity (Wildman–Crippen MR) is 82.6 cm³/mol. The van der Waals surface area contributed by atoms with Crippen LogP contribution in [0.1, 0.15) is 44.3 Å². The second-order valence-corrected chi connectivity index (χ2v) is 7.15. The first kappa shape index (κ1) is 14.9. The number of rotatable bonds is 5. The molecule has 1 aromatic rings. The van der Waals surface area contributed by atoms with Crippen molar-refractivity contribution >= 4 is 11.3 Å². The van der Waals surface area contributed by atoms with Gasteiger partial charge in [0.25, 0.3) is 0 Å². The van der Waals surface area contributed by atoms with Crippen LogP contribution in [0.4, 0.5) is 0 Å². The van der Waals surface area contributed by atoms with Crippen molar-refractivity contribution in [2.45, 2.75) is 59.2 Å². The molecule has 0 radical (unpaired) electrons. The van der Waals surface area contributed by atoms with Crippen LogP contribution in [0.5, 0.6) is 0 Å². The van der Waals surface area contributed by atoms with Crippen LogP contribution in [0.2, 0.25) is 0 Å². The Morgan fingerprint density at radius 2 is 2.32 bits per heavy atom. The summed E-state index contributed by atoms with van der Waals surface area (Å²) in [5, 5.41) is 7.10. The van der Waals surface area contributed by atoms with Crippen LogP contribution in [0.3, 0.4) is 0 Å². The molecule has 3 nitrogen and oxygen atoms in total. The number of hydrogen-bond donors (Lipinski definition) is 1. The quantitative estimate of drug-likeness (QED) is 0.899. The average molecular weight is 281 g/mol. The SMILES string of the molecule is CCC1CNC(CC(C)C)CN1Cc1csc(C)n1. The van der Waals surface area contributed by atoms with Gasteiger partial charge in [-0.2, -0.15) is 0 Å². The molecule has 1 saturated heterocycles. The fraction of sp³-hybridized carbons (Fsp3) is 0.800. The van der Waals surface area contributed by atoms with E-state index in [0.717, 1.165) is 25.6 Å². The molecule has 19 heavy (non-hydrogen) atoms. The molecule has 0 amide bonds. The fourth-order valence-electron chi connectivity index (χ4n) is 2.94. The molecule has 2 unspecified atom stereocenters. The van der Waals surface area contributed by atoms with Crippen LogP contribution in [0.15, 0.2) is 5.38 Å². The Hall–Kier alpha value is -0.450. The molecule has 1 fully saturated rings. The van der Waals surface area contributed by atoms with Crippen LogP contribution >= 0.6 is 11.3 Å². The minimum atomic E-state index is 0.641. The van der Waals surface area contributed by atoms with Gasteiger partial charge in [-0.1, -0.05) is 20.8 Å². The van der Waals surface area contributed by atoms with Crippen molar-refractivity contribution in [3.05, 3.63) is 16.1 Å². The predicted octanol–water partition coefficient (Wildman–Crippen LogP) is 3.05. The van der Waals surface area contributed by atoms with Crippen molar-refractivity contribution in [1.82, 2.24) is 15.2 Å². The summed E-state index contributed by atoms with van der Waals surface area (Å²) in [6.07, 6.45) is 2.48. The summed E-state index contributed by atoms with van der Waals surface area (Å²) in [6, 6.07) is 1.30. The smallest absolute Gasteiger partial charge is 0.0897 e. The maximum absolute atomic E-state index is 4.62. The molecule has 2 atom stereocenters. The van der Waals surface area contributed by atoms with Gasteiger partial charge in [-0.15, -0.1) is 11.3 Å². The molecule has 1 aliphatic heterocycles. The van der Waals surface area contributed by atoms with E-state index >= 15 is 0 Å². The molecule has 4 heteroatoms. The minimum absolute atomic E-state index is 0.641. The summed E-state index contributed by atoms with van der Waals surface area (Å²) in [4.78, 5) is 7.24. The number of thiazole rings is 1. The summed E-state index contributed by atoms with van der Waals surface area (Å²) in [7, 11) is 0. The topological polar surface area (TPSA) is 28.2 Å². The molecule has 0 aliphatic carbocycles. The Morgan fingerprint density at radius 3 is 2.89 bits per heavy atom. The summed E-state index contributed by atoms with van der Waals surface area (Å²) in [6.45, 7) is 12.3. The highest BCUT2D eigenvalue weighted by Gasteiger charge is 2.27. The van der Waals surface area contributed by atoms with E-state index in [2.05, 4.69) is 48.3 Å². The second-order valence-electron chi connectivity index (χ2n) is 6.08. The Balaban J connectivity index is 1.97. The molecule has 1 N–H and O–H groups in total. The van der Waals surface area contributed by atoms with Crippen LogP contribution in [0, 0.1) is 12.8 Å². The molecule has 1 aromatic heterocycles. The number of nitrogens with one attached hydrogen (secondary N) is 1. The van der Waals surface area contributed by atoms with Gasteiger partial charge < -0.3 is 5.32 Å². The Kier molecular flexibility index (Phi) is 5.37. The second kappa shape index (κ2) is 6.82. The van der Waals surface area contributed by atoms with E-state index in [0.29, 0.717) is 12.1 Å². The van der Waals surface area contributed by atoms with Crippen molar-refractivity contribution in [2.24, 2.45) is 5.92 Å². The molecule has 2 rings (SSSR count). The van der Waals surface area contributed by atoms with Gasteiger partial charge in [0.15, 0.2) is 0 Å². The molecule has 2 heterocycles. The first-order chi connectivity index (χ1) is 9.08. The van der Waals surface area contributed by atoms with Crippen molar-refractivity contribution in [1.29, 1.82) is 0 Å². The van der Waals surface area contributed by atoms with E-state index in [9.17, 15) is 0 Å². The fourth-order valence-corrected chi connectivity index (χ4v) is 3.54. The highest BCUT2D eigenvalue weighted by Crippen LogP contribution is 2.19. The third-order valence-electron chi connectivity index (χ3n) is 3.87. The molecule has 0 spiro atoms. The Labute approximate surface area is 121 Å². The molecule has 108 valence electrons. The van der Waals surface area contributed by atoms with Crippen LogP contribution in [0.25, 0.3) is 0 Å². The van der Waals surface area contributed by atoms with E-state index in [1.807, 2.05) is 0 Å². The van der Waals surface area contributed by atoms with Gasteiger partial charge in [0.05, 0.1) is 10.7 Å². The van der Waals surface area contributed by atoms with Crippen molar-refractivity contribution in [3.63, 3.8) is 0 Å². The van der Waals surface area contributed by atoms with E-state index in [1.165, 1.54) is 23.5 Å². The van der Waals surface area contributed by atoms with Gasteiger partial charge >= 0.3 is 0 Å². The van der Waals surface area contributed by atoms with Crippen molar-refractivity contribution in [2.75, 3.05) is 13.1 Å². The highest BCUT2D eigenvalue weighted by atomic mass is 32.1. The lowest BCUT2D eigenvalue weighted by Gasteiger charge is -2.40. The third-order valence-corrected chi connectivity index (χ3v) is 4.69. The number of piperazine rings is 1. The summed E-state index contributed by atoms with van der Waals surface area (Å²) < 4.78 is 0. The number of hydrogen-bond acceptors (Lipinski definition) is 4. The van der Waals surface area contributed by atoms with E-state index in [4.69, 9.17) is 0 Å². The normalized spacial score (nSPS) is 25.1. The summed E-state index contributed by atoms with van der Waals surface area (Å²) in [5.41, 5.74) is 1.24. The largest absolute Gasteiger partial charge is 0.311 e. The van der Waals surface area contributed by atoms with E-state index < -0.39 is 0 Å². The maximum atomic E-state index is 4.62. The Morgan fingerprint density at radius 1 is 1.53 bits per heavy atom. The third kappa shape index (κ3) is 4.26. The van der Waals surface area contributed by atoms with Gasteiger partial charge in [-0.05, 0) is 25.7 Å². The molecular weight excluding hydrogens is 254 g/mol. The summed E-state index contributed by atoms with van der Waals surface area (Å²) >= 11 is 1.76. The standard InChI is InChI=1S/C15H27N3S/c1-5-15-7-16-13(6-11(2)3)8-18(15)9-14-10-19-12(4)17-14/h10-11,13,15-16H,5-9H2,1-4H3. The monoisotopic (exact) mass is 281 g/mol. The maximum Gasteiger partial charge on any atom is 0.0897 e. The molecule has 0 aromatic carbocycles. The number of aromatic nitrogens is 1. The molecular formula is C15H27N3S. The van der Waals surface area contributed by atoms with Gasteiger partial charge in [0.1, 0.15) is 0 Å². The van der Waals surface area contributed by atoms with Crippen LogP contribution in [-0.4, -0.2) is 35.1 Å². The van der Waals surface area contributed by atoms with Gasteiger partial charge in [-0.3, -0.25) is 4.90 Å². The lowest BCUT2D eigenvalue weighted by atomic mass is 9.99. The average Bonchev–Trinajstić information content (AvgIpc) is 2.74. The Bertz CT molecular complexity index is 388. The zero-order valence-electron chi connectivity index (χ0n) is 12.6. The minimum Gasteiger partial charge on any atom is -0.311 e. The van der Waals surface area contributed by atoms with Crippen LogP contribution in [-0.2, 0) is 6.54 Å². The van der Waals surface area contributed by atoms with Gasteiger partial charge in [0, 0.05) is 37.1 Å². The van der Waals surface area contributed by atoms with Crippen LogP contribution < -0.4 is 5.32 Å². The number of aryl methyl sites for hydroxylation is 1. The number of nitrogens with zero attached hydrogens (tertiary/aromatic N) is 2. The van der Waals surface area contributed by atoms with E-state index in [1.54, 1.807) is 11.3 Å². The zero-order valence-corrected chi connectivity index (χ0v) is 13.5. The highest BCUT2D eigenvalue weighted by molar-refractivity contribution is 7.09. The zero-order chi connectivity index (χ0) is 13.8. The molecule has 0 saturated carbocycles. The van der Waals surface area contributed by atoms with Gasteiger partial charge in [0.2, 0.25) is 0 Å². The summed E-state index contributed by atoms with van der Waals surface area (Å²) in [5.74, 6) is 0.763. The first-order valence-electron chi connectivity index (χ1n) is 7.47. The van der Waals surface area contributed by atoms with Crippen molar-refractivity contribution < 1.29 is 0 Å². The molecule has 1 aliphatic rings. The lowest BCUT2D eigenvalue weighted by Crippen LogP contribution is -2.56. The van der Waals surface area contributed by atoms with Gasteiger partial charge in [-0.25, -0.2) is 4.98 Å². The first-order valence-corrected chi connectivity index (χ1v) is 8.34. The van der Waals surface area contributed by atoms with E-state index in [-0.39, 0.29) is 0 Å².